The van der Waals surface area contributed by atoms with Crippen LogP contribution in [0.5, 0.6) is 0 Å². The summed E-state index contributed by atoms with van der Waals surface area (Å²) in [4.78, 5) is 0. The number of hydrogen-bond acceptors (Lipinski definition) is 0. The van der Waals surface area contributed by atoms with Gasteiger partial charge in [0.1, 0.15) is 0 Å². The summed E-state index contributed by atoms with van der Waals surface area (Å²) in [7, 11) is 8.41. The molecule has 0 radical (unpaired) electrons. The van der Waals surface area contributed by atoms with Crippen molar-refractivity contribution in [3.8, 4) is 0 Å². The first kappa shape index (κ1) is 12.4. The third kappa shape index (κ3) is 2.46. The molecule has 2 aromatic carbocycles. The van der Waals surface area contributed by atoms with Crippen molar-refractivity contribution in [3.63, 3.8) is 0 Å². The second-order valence-electron chi connectivity index (χ2n) is 3.91. The normalized spacial score (nSPS) is 10.9. The Labute approximate surface area is 104 Å². The van der Waals surface area contributed by atoms with Crippen molar-refractivity contribution in [1.82, 2.24) is 0 Å². The van der Waals surface area contributed by atoms with E-state index in [2.05, 4.69) is 58.1 Å². The fraction of sp³-hybridized carbons (Fsp3) is 0.231. The van der Waals surface area contributed by atoms with Crippen molar-refractivity contribution in [2.45, 2.75) is 18.5 Å². The highest BCUT2D eigenvalue weighted by atomic mass is 31.0. The summed E-state index contributed by atoms with van der Waals surface area (Å²) in [5.41, 5.74) is 4.25. The van der Waals surface area contributed by atoms with Crippen molar-refractivity contribution in [3.05, 3.63) is 47.0 Å². The summed E-state index contributed by atoms with van der Waals surface area (Å²) in [6.45, 7) is 0. The maximum absolute atomic E-state index is 2.82. The molecule has 3 unspecified atom stereocenters. The highest BCUT2D eigenvalue weighted by molar-refractivity contribution is 7.16. The molecule has 0 aliphatic heterocycles. The Morgan fingerprint density at radius 1 is 0.688 bits per heavy atom. The van der Waals surface area contributed by atoms with E-state index in [0.717, 1.165) is 18.5 Å². The molecule has 0 N–H and O–H groups in total. The molecule has 0 bridgehead atoms. The summed E-state index contributed by atoms with van der Waals surface area (Å²) in [6, 6.07) is 11.4. The number of rotatable bonds is 3. The molecule has 0 saturated carbocycles. The van der Waals surface area contributed by atoms with E-state index in [9.17, 15) is 0 Å². The van der Waals surface area contributed by atoms with Crippen LogP contribution in [0.3, 0.4) is 0 Å². The van der Waals surface area contributed by atoms with Gasteiger partial charge in [0.15, 0.2) is 0 Å². The van der Waals surface area contributed by atoms with Crippen LogP contribution in [-0.4, -0.2) is 0 Å². The molecule has 0 spiro atoms. The van der Waals surface area contributed by atoms with Crippen LogP contribution in [0.2, 0.25) is 0 Å². The maximum Gasteiger partial charge on any atom is -0.0125 e. The Morgan fingerprint density at radius 2 is 1.31 bits per heavy atom. The summed E-state index contributed by atoms with van der Waals surface area (Å²) in [5.74, 6) is 0. The first-order valence-electron chi connectivity index (χ1n) is 5.43. The number of hydrogen-bond donors (Lipinski definition) is 0. The Morgan fingerprint density at radius 3 is 1.88 bits per heavy atom. The Bertz CT molecular complexity index is 506. The molecule has 0 aromatic heterocycles. The highest BCUT2D eigenvalue weighted by Crippen LogP contribution is 2.25. The predicted molar refractivity (Wildman–Crippen MR) is 84.2 cm³/mol. The molecule has 0 saturated heterocycles. The van der Waals surface area contributed by atoms with Crippen molar-refractivity contribution in [2.75, 3.05) is 0 Å². The fourth-order valence-electron chi connectivity index (χ4n) is 1.95. The zero-order valence-electron chi connectivity index (χ0n) is 9.24. The van der Waals surface area contributed by atoms with Crippen molar-refractivity contribution < 1.29 is 0 Å². The van der Waals surface area contributed by atoms with E-state index in [1.54, 1.807) is 0 Å². The second kappa shape index (κ2) is 5.55. The minimum Gasteiger partial charge on any atom is -0.133 e. The van der Waals surface area contributed by atoms with E-state index < -0.39 is 0 Å². The van der Waals surface area contributed by atoms with Crippen LogP contribution in [-0.2, 0) is 18.5 Å². The largest absolute Gasteiger partial charge is 0.133 e. The zero-order valence-corrected chi connectivity index (χ0v) is 12.7. The molecule has 16 heavy (non-hydrogen) atoms. The van der Waals surface area contributed by atoms with Crippen LogP contribution in [0.15, 0.2) is 30.3 Å². The lowest BCUT2D eigenvalue weighted by Gasteiger charge is -2.09. The molecule has 0 nitrogen and oxygen atoms in total. The van der Waals surface area contributed by atoms with Gasteiger partial charge in [0.2, 0.25) is 0 Å². The lowest BCUT2D eigenvalue weighted by molar-refractivity contribution is 1.30. The predicted octanol–water partition coefficient (Wildman–Crippen LogP) is 3.97. The van der Waals surface area contributed by atoms with Crippen LogP contribution in [0, 0.1) is 0 Å². The quantitative estimate of drug-likeness (QED) is 0.737. The molecule has 0 fully saturated rings. The van der Waals surface area contributed by atoms with Gasteiger partial charge >= 0.3 is 0 Å². The summed E-state index contributed by atoms with van der Waals surface area (Å²) in [5, 5.41) is 2.71. The lowest BCUT2D eigenvalue weighted by atomic mass is 10.0. The average molecular weight is 266 g/mol. The molecule has 0 amide bonds. The van der Waals surface area contributed by atoms with Crippen LogP contribution >= 0.6 is 27.7 Å². The van der Waals surface area contributed by atoms with E-state index >= 15 is 0 Å². The van der Waals surface area contributed by atoms with Crippen molar-refractivity contribution >= 4 is 38.5 Å². The van der Waals surface area contributed by atoms with Gasteiger partial charge in [0.25, 0.3) is 0 Å². The lowest BCUT2D eigenvalue weighted by Crippen LogP contribution is -1.89. The first-order chi connectivity index (χ1) is 7.78. The molecular weight excluding hydrogens is 249 g/mol. The molecule has 0 aliphatic rings. The van der Waals surface area contributed by atoms with Gasteiger partial charge in [-0.2, -0.15) is 0 Å². The SMILES string of the molecule is PCc1ccc2cc(CP)c(CP)cc2c1. The molecular formula is C13H17P3. The van der Waals surface area contributed by atoms with Gasteiger partial charge in [-0.3, -0.25) is 0 Å². The van der Waals surface area contributed by atoms with E-state index in [1.807, 2.05) is 0 Å². The molecule has 2 aromatic rings. The third-order valence-corrected chi connectivity index (χ3v) is 4.25. The Hall–Kier alpha value is -0.0100. The van der Waals surface area contributed by atoms with Crippen LogP contribution in [0.25, 0.3) is 10.8 Å². The summed E-state index contributed by atoms with van der Waals surface area (Å²) < 4.78 is 0. The van der Waals surface area contributed by atoms with Crippen molar-refractivity contribution in [2.24, 2.45) is 0 Å². The third-order valence-electron chi connectivity index (χ3n) is 2.90. The topological polar surface area (TPSA) is 0 Å². The monoisotopic (exact) mass is 266 g/mol. The number of fused-ring (bicyclic) bond motifs is 1. The summed E-state index contributed by atoms with van der Waals surface area (Å²) >= 11 is 0. The van der Waals surface area contributed by atoms with Gasteiger partial charge < -0.3 is 0 Å². The van der Waals surface area contributed by atoms with Crippen molar-refractivity contribution in [1.29, 1.82) is 0 Å². The van der Waals surface area contributed by atoms with Gasteiger partial charge in [-0.25, -0.2) is 0 Å². The zero-order chi connectivity index (χ0) is 11.5. The average Bonchev–Trinajstić information content (AvgIpc) is 2.36. The molecule has 2 rings (SSSR count). The van der Waals surface area contributed by atoms with Crippen LogP contribution < -0.4 is 0 Å². The molecule has 84 valence electrons. The Balaban J connectivity index is 2.63. The summed E-state index contributed by atoms with van der Waals surface area (Å²) in [6.07, 6.45) is 3.09. The van der Waals surface area contributed by atoms with Crippen LogP contribution in [0.4, 0.5) is 0 Å². The minimum absolute atomic E-state index is 1.03. The first-order valence-corrected chi connectivity index (χ1v) is 7.88. The van der Waals surface area contributed by atoms with Crippen LogP contribution in [0.1, 0.15) is 16.7 Å². The van der Waals surface area contributed by atoms with Gasteiger partial charge in [0.05, 0.1) is 0 Å². The minimum atomic E-state index is 1.03. The van der Waals surface area contributed by atoms with E-state index in [4.69, 9.17) is 0 Å². The van der Waals surface area contributed by atoms with Gasteiger partial charge in [-0.15, -0.1) is 27.7 Å². The maximum atomic E-state index is 2.82. The van der Waals surface area contributed by atoms with E-state index in [-0.39, 0.29) is 0 Å². The van der Waals surface area contributed by atoms with E-state index in [1.165, 1.54) is 27.5 Å². The highest BCUT2D eigenvalue weighted by Gasteiger charge is 2.02. The van der Waals surface area contributed by atoms with Gasteiger partial charge in [-0.05, 0) is 45.9 Å². The second-order valence-corrected chi connectivity index (χ2v) is 5.14. The Kier molecular flexibility index (Phi) is 4.32. The van der Waals surface area contributed by atoms with Gasteiger partial charge in [0, 0.05) is 0 Å². The smallest absolute Gasteiger partial charge is 0.0125 e. The molecule has 3 heteroatoms. The number of benzene rings is 2. The van der Waals surface area contributed by atoms with E-state index in [0.29, 0.717) is 0 Å². The fourth-order valence-corrected chi connectivity index (χ4v) is 2.96. The van der Waals surface area contributed by atoms with Gasteiger partial charge in [-0.1, -0.05) is 30.3 Å². The standard InChI is InChI=1S/C13H17P3/c14-6-9-1-2-10-4-12(7-15)13(8-16)5-11(10)3-9/h1-5H,6-8,14-16H2. The molecule has 3 atom stereocenters. The molecule has 0 aliphatic carbocycles. The molecule has 0 heterocycles.